The van der Waals surface area contributed by atoms with Gasteiger partial charge in [0.2, 0.25) is 0 Å². The highest BCUT2D eigenvalue weighted by Crippen LogP contribution is 2.42. The van der Waals surface area contributed by atoms with E-state index in [4.69, 9.17) is 4.74 Å². The minimum Gasteiger partial charge on any atom is -0.504 e. The number of anilines is 1. The number of methoxy groups -OCH3 is 1. The first-order chi connectivity index (χ1) is 12.2. The van der Waals surface area contributed by atoms with Crippen LogP contribution in [0.25, 0.3) is 0 Å². The lowest BCUT2D eigenvalue weighted by molar-refractivity contribution is -0.144. The van der Waals surface area contributed by atoms with Crippen LogP contribution in [0.4, 0.5) is 18.9 Å². The summed E-state index contributed by atoms with van der Waals surface area (Å²) in [6, 6.07) is 9.20. The Labute approximate surface area is 155 Å². The number of para-hydroxylation sites is 1. The van der Waals surface area contributed by atoms with Crippen molar-refractivity contribution in [1.82, 2.24) is 4.90 Å². The number of nitrogens with one attached hydrogen (secondary N) is 1. The molecule has 0 unspecified atom stereocenters. The summed E-state index contributed by atoms with van der Waals surface area (Å²) in [5, 5.41) is 13.3. The van der Waals surface area contributed by atoms with Crippen LogP contribution >= 0.6 is 15.9 Å². The second-order valence-corrected chi connectivity index (χ2v) is 6.60. The highest BCUT2D eigenvalue weighted by Gasteiger charge is 2.41. The molecule has 0 spiro atoms. The largest absolute Gasteiger partial charge is 0.504 e. The van der Waals surface area contributed by atoms with Gasteiger partial charge in [0.1, 0.15) is 12.7 Å². The molecule has 5 nitrogen and oxygen atoms in total. The van der Waals surface area contributed by atoms with E-state index in [1.807, 2.05) is 0 Å². The summed E-state index contributed by atoms with van der Waals surface area (Å²) in [6.45, 7) is -1.47. The molecule has 0 aromatic heterocycles. The van der Waals surface area contributed by atoms with Crippen LogP contribution in [0.2, 0.25) is 0 Å². The van der Waals surface area contributed by atoms with Gasteiger partial charge in [-0.05, 0) is 24.3 Å². The van der Waals surface area contributed by atoms with Crippen LogP contribution in [-0.2, 0) is 0 Å². The van der Waals surface area contributed by atoms with Crippen molar-refractivity contribution in [3.63, 3.8) is 0 Å². The van der Waals surface area contributed by atoms with E-state index in [-0.39, 0.29) is 22.6 Å². The summed E-state index contributed by atoms with van der Waals surface area (Å²) in [4.78, 5) is 13.3. The van der Waals surface area contributed by atoms with Crippen LogP contribution in [-0.4, -0.2) is 35.7 Å². The molecule has 26 heavy (non-hydrogen) atoms. The van der Waals surface area contributed by atoms with Crippen LogP contribution in [0.3, 0.4) is 0 Å². The molecule has 0 saturated carbocycles. The summed E-state index contributed by atoms with van der Waals surface area (Å²) in [6.07, 6.45) is -5.82. The zero-order valence-corrected chi connectivity index (χ0v) is 15.1. The van der Waals surface area contributed by atoms with Crippen molar-refractivity contribution in [1.29, 1.82) is 0 Å². The molecule has 1 amide bonds. The van der Waals surface area contributed by atoms with Crippen LogP contribution in [0.1, 0.15) is 22.1 Å². The topological polar surface area (TPSA) is 61.8 Å². The van der Waals surface area contributed by atoms with Crippen molar-refractivity contribution >= 4 is 27.5 Å². The van der Waals surface area contributed by atoms with Crippen molar-refractivity contribution in [2.24, 2.45) is 0 Å². The molecule has 2 aromatic carbocycles. The van der Waals surface area contributed by atoms with E-state index in [1.54, 1.807) is 18.2 Å². The molecular weight excluding hydrogens is 417 g/mol. The molecule has 1 aliphatic rings. The molecule has 1 aliphatic heterocycles. The Kier molecular flexibility index (Phi) is 4.74. The predicted octanol–water partition coefficient (Wildman–Crippen LogP) is 4.29. The molecule has 3 rings (SSSR count). The van der Waals surface area contributed by atoms with Gasteiger partial charge in [-0.3, -0.25) is 4.79 Å². The van der Waals surface area contributed by atoms with Gasteiger partial charge in [0, 0.05) is 15.7 Å². The minimum atomic E-state index is -4.60. The second-order valence-electron chi connectivity index (χ2n) is 5.69. The number of aromatic hydroxyl groups is 1. The third-order valence-electron chi connectivity index (χ3n) is 3.96. The van der Waals surface area contributed by atoms with Gasteiger partial charge in [0.05, 0.1) is 12.7 Å². The lowest BCUT2D eigenvalue weighted by Crippen LogP contribution is -2.47. The first-order valence-electron chi connectivity index (χ1n) is 7.51. The summed E-state index contributed by atoms with van der Waals surface area (Å²) in [7, 11) is 1.33. The van der Waals surface area contributed by atoms with E-state index in [0.717, 1.165) is 0 Å². The maximum Gasteiger partial charge on any atom is 0.406 e. The third kappa shape index (κ3) is 3.44. The molecule has 0 saturated heterocycles. The fraction of sp³-hybridized carbons (Fsp3) is 0.235. The Balaban J connectivity index is 2.14. The number of rotatable bonds is 3. The van der Waals surface area contributed by atoms with E-state index in [2.05, 4.69) is 21.2 Å². The summed E-state index contributed by atoms with van der Waals surface area (Å²) in [5.41, 5.74) is 0.608. The van der Waals surface area contributed by atoms with Gasteiger partial charge in [-0.1, -0.05) is 28.1 Å². The monoisotopic (exact) mass is 430 g/mol. The number of halogens is 4. The van der Waals surface area contributed by atoms with E-state index in [0.29, 0.717) is 15.1 Å². The van der Waals surface area contributed by atoms with Gasteiger partial charge in [-0.15, -0.1) is 0 Å². The predicted molar refractivity (Wildman–Crippen MR) is 92.3 cm³/mol. The molecule has 2 N–H and O–H groups in total. The molecular formula is C17H14BrF3N2O3. The van der Waals surface area contributed by atoms with Crippen molar-refractivity contribution in [3.8, 4) is 11.5 Å². The van der Waals surface area contributed by atoms with Crippen molar-refractivity contribution in [3.05, 3.63) is 52.0 Å². The highest BCUT2D eigenvalue weighted by atomic mass is 79.9. The van der Waals surface area contributed by atoms with Gasteiger partial charge >= 0.3 is 6.18 Å². The number of fused-ring (bicyclic) bond motifs is 1. The molecule has 138 valence electrons. The van der Waals surface area contributed by atoms with Crippen molar-refractivity contribution in [2.45, 2.75) is 12.3 Å². The van der Waals surface area contributed by atoms with E-state index < -0.39 is 24.8 Å². The maximum atomic E-state index is 13.1. The zero-order valence-electron chi connectivity index (χ0n) is 13.5. The highest BCUT2D eigenvalue weighted by molar-refractivity contribution is 9.10. The number of carbonyl (C=O) groups is 1. The first-order valence-corrected chi connectivity index (χ1v) is 8.30. The summed E-state index contributed by atoms with van der Waals surface area (Å²) < 4.78 is 44.8. The molecule has 1 atom stereocenters. The normalized spacial score (nSPS) is 16.9. The van der Waals surface area contributed by atoms with Gasteiger partial charge in [0.15, 0.2) is 11.5 Å². The van der Waals surface area contributed by atoms with E-state index >= 15 is 0 Å². The van der Waals surface area contributed by atoms with E-state index in [1.165, 1.54) is 25.3 Å². The molecule has 0 aliphatic carbocycles. The van der Waals surface area contributed by atoms with Gasteiger partial charge in [0.25, 0.3) is 5.91 Å². The molecule has 0 bridgehead atoms. The number of alkyl halides is 3. The molecule has 1 heterocycles. The number of nitrogens with zero attached hydrogens (tertiary/aromatic N) is 1. The lowest BCUT2D eigenvalue weighted by Gasteiger charge is -2.38. The SMILES string of the molecule is COc1cc(Br)cc([C@@H]2Nc3ccccc3C(=O)N2CC(F)(F)F)c1O. The number of phenolic OH excluding ortho intramolecular Hbond substituents is 1. The van der Waals surface area contributed by atoms with E-state index in [9.17, 15) is 23.1 Å². The summed E-state index contributed by atoms with van der Waals surface area (Å²) in [5.74, 6) is -1.04. The van der Waals surface area contributed by atoms with Crippen molar-refractivity contribution in [2.75, 3.05) is 19.0 Å². The smallest absolute Gasteiger partial charge is 0.406 e. The van der Waals surface area contributed by atoms with Crippen molar-refractivity contribution < 1.29 is 27.8 Å². The fourth-order valence-corrected chi connectivity index (χ4v) is 3.31. The number of benzene rings is 2. The maximum absolute atomic E-state index is 13.1. The van der Waals surface area contributed by atoms with Gasteiger partial charge in [-0.25, -0.2) is 0 Å². The third-order valence-corrected chi connectivity index (χ3v) is 4.41. The number of carbonyl (C=O) groups excluding carboxylic acids is 1. The Bertz CT molecular complexity index is 858. The first kappa shape index (κ1) is 18.4. The van der Waals surface area contributed by atoms with Crippen LogP contribution in [0.5, 0.6) is 11.5 Å². The Morgan fingerprint density at radius 1 is 1.31 bits per heavy atom. The fourth-order valence-electron chi connectivity index (χ4n) is 2.85. The number of ether oxygens (including phenoxy) is 1. The van der Waals surface area contributed by atoms with Crippen LogP contribution in [0, 0.1) is 0 Å². The number of phenols is 1. The molecule has 0 radical (unpaired) electrons. The average Bonchev–Trinajstić information content (AvgIpc) is 2.58. The molecule has 9 heteroatoms. The zero-order chi connectivity index (χ0) is 19.1. The Hall–Kier alpha value is -2.42. The standard InChI is InChI=1S/C17H14BrF3N2O3/c1-26-13-7-9(18)6-11(14(13)24)15-22-12-5-3-2-4-10(12)16(25)23(15)8-17(19,20)21/h2-7,15,22,24H,8H2,1H3/t15-/m1/s1. The van der Waals surface area contributed by atoms with Crippen LogP contribution in [0.15, 0.2) is 40.9 Å². The van der Waals surface area contributed by atoms with Crippen LogP contribution < -0.4 is 10.1 Å². The minimum absolute atomic E-state index is 0.0782. The Morgan fingerprint density at radius 2 is 2.00 bits per heavy atom. The van der Waals surface area contributed by atoms with Gasteiger partial charge in [-0.2, -0.15) is 13.2 Å². The number of hydrogen-bond acceptors (Lipinski definition) is 4. The Morgan fingerprint density at radius 3 is 2.65 bits per heavy atom. The number of hydrogen-bond donors (Lipinski definition) is 2. The number of amides is 1. The van der Waals surface area contributed by atoms with Gasteiger partial charge < -0.3 is 20.1 Å². The molecule has 0 fully saturated rings. The molecule has 2 aromatic rings. The second kappa shape index (κ2) is 6.71. The average molecular weight is 431 g/mol. The quantitative estimate of drug-likeness (QED) is 0.762. The summed E-state index contributed by atoms with van der Waals surface area (Å²) >= 11 is 3.24. The lowest BCUT2D eigenvalue weighted by atomic mass is 10.0.